The SMILES string of the molecule is COc1ccc(CCC(=O)NC2(CN)CCCC2)cc1OC.Cl. The first-order valence-electron chi connectivity index (χ1n) is 7.84. The Balaban J connectivity index is 0.00000264. The van der Waals surface area contributed by atoms with Crippen molar-refractivity contribution >= 4 is 18.3 Å². The molecule has 23 heavy (non-hydrogen) atoms. The lowest BCUT2D eigenvalue weighted by Gasteiger charge is -2.28. The lowest BCUT2D eigenvalue weighted by molar-refractivity contribution is -0.122. The molecule has 2 rings (SSSR count). The van der Waals surface area contributed by atoms with Gasteiger partial charge in [0.05, 0.1) is 19.8 Å². The molecule has 0 saturated heterocycles. The number of aryl methyl sites for hydroxylation is 1. The molecule has 1 aliphatic carbocycles. The highest BCUT2D eigenvalue weighted by Gasteiger charge is 2.33. The van der Waals surface area contributed by atoms with E-state index in [2.05, 4.69) is 5.32 Å². The number of carbonyl (C=O) groups is 1. The Kier molecular flexibility index (Phi) is 7.65. The van der Waals surface area contributed by atoms with Gasteiger partial charge in [-0.3, -0.25) is 4.79 Å². The lowest BCUT2D eigenvalue weighted by atomic mass is 9.97. The summed E-state index contributed by atoms with van der Waals surface area (Å²) >= 11 is 0. The number of rotatable bonds is 7. The normalized spacial score (nSPS) is 15.6. The third kappa shape index (κ3) is 5.01. The molecule has 1 fully saturated rings. The van der Waals surface area contributed by atoms with Crippen LogP contribution in [0.4, 0.5) is 0 Å². The fourth-order valence-electron chi connectivity index (χ4n) is 3.08. The second-order valence-electron chi connectivity index (χ2n) is 5.93. The minimum atomic E-state index is -0.172. The smallest absolute Gasteiger partial charge is 0.220 e. The third-order valence-corrected chi connectivity index (χ3v) is 4.44. The zero-order valence-electron chi connectivity index (χ0n) is 13.9. The fourth-order valence-corrected chi connectivity index (χ4v) is 3.08. The van der Waals surface area contributed by atoms with Gasteiger partial charge in [-0.05, 0) is 37.0 Å². The number of benzene rings is 1. The molecule has 1 saturated carbocycles. The van der Waals surface area contributed by atoms with E-state index in [1.807, 2.05) is 18.2 Å². The number of carbonyl (C=O) groups excluding carboxylic acids is 1. The van der Waals surface area contributed by atoms with Crippen molar-refractivity contribution in [3.63, 3.8) is 0 Å². The van der Waals surface area contributed by atoms with Crippen molar-refractivity contribution in [2.45, 2.75) is 44.1 Å². The van der Waals surface area contributed by atoms with Crippen LogP contribution in [-0.4, -0.2) is 32.2 Å². The maximum Gasteiger partial charge on any atom is 0.220 e. The van der Waals surface area contributed by atoms with Crippen molar-refractivity contribution in [3.05, 3.63) is 23.8 Å². The molecule has 0 heterocycles. The van der Waals surface area contributed by atoms with E-state index in [0.29, 0.717) is 30.9 Å². The fraction of sp³-hybridized carbons (Fsp3) is 0.588. The molecule has 0 spiro atoms. The number of hydrogen-bond acceptors (Lipinski definition) is 4. The van der Waals surface area contributed by atoms with Crippen LogP contribution in [0, 0.1) is 0 Å². The quantitative estimate of drug-likeness (QED) is 0.798. The molecule has 1 aromatic rings. The summed E-state index contributed by atoms with van der Waals surface area (Å²) in [7, 11) is 3.22. The Morgan fingerprint density at radius 2 is 1.87 bits per heavy atom. The average Bonchev–Trinajstić information content (AvgIpc) is 3.01. The Labute approximate surface area is 144 Å². The minimum absolute atomic E-state index is 0. The monoisotopic (exact) mass is 342 g/mol. The highest BCUT2D eigenvalue weighted by Crippen LogP contribution is 2.29. The zero-order chi connectivity index (χ0) is 16.0. The van der Waals surface area contributed by atoms with Crippen molar-refractivity contribution in [3.8, 4) is 11.5 Å². The van der Waals surface area contributed by atoms with Gasteiger partial charge >= 0.3 is 0 Å². The van der Waals surface area contributed by atoms with Crippen LogP contribution in [0.15, 0.2) is 18.2 Å². The van der Waals surface area contributed by atoms with Crippen molar-refractivity contribution < 1.29 is 14.3 Å². The van der Waals surface area contributed by atoms with Crippen LogP contribution in [-0.2, 0) is 11.2 Å². The number of amides is 1. The average molecular weight is 343 g/mol. The highest BCUT2D eigenvalue weighted by atomic mass is 35.5. The van der Waals surface area contributed by atoms with Gasteiger partial charge in [-0.15, -0.1) is 12.4 Å². The summed E-state index contributed by atoms with van der Waals surface area (Å²) in [5.41, 5.74) is 6.73. The van der Waals surface area contributed by atoms with Gasteiger partial charge in [0.1, 0.15) is 0 Å². The van der Waals surface area contributed by atoms with E-state index in [9.17, 15) is 4.79 Å². The second kappa shape index (κ2) is 8.99. The Morgan fingerprint density at radius 1 is 1.22 bits per heavy atom. The number of methoxy groups -OCH3 is 2. The molecule has 1 aromatic carbocycles. The summed E-state index contributed by atoms with van der Waals surface area (Å²) in [6.45, 7) is 0.523. The molecule has 0 aliphatic heterocycles. The summed E-state index contributed by atoms with van der Waals surface area (Å²) in [5.74, 6) is 1.46. The van der Waals surface area contributed by atoms with E-state index in [0.717, 1.165) is 31.2 Å². The molecule has 0 unspecified atom stereocenters. The van der Waals surface area contributed by atoms with Gasteiger partial charge in [-0.2, -0.15) is 0 Å². The molecule has 130 valence electrons. The van der Waals surface area contributed by atoms with Gasteiger partial charge in [0.2, 0.25) is 5.91 Å². The zero-order valence-corrected chi connectivity index (χ0v) is 14.7. The lowest BCUT2D eigenvalue weighted by Crippen LogP contribution is -2.51. The van der Waals surface area contributed by atoms with Gasteiger partial charge in [0, 0.05) is 13.0 Å². The maximum atomic E-state index is 12.2. The summed E-state index contributed by atoms with van der Waals surface area (Å²) in [6, 6.07) is 5.74. The maximum absolute atomic E-state index is 12.2. The van der Waals surface area contributed by atoms with E-state index >= 15 is 0 Å². The van der Waals surface area contributed by atoms with Crippen LogP contribution >= 0.6 is 12.4 Å². The number of ether oxygens (including phenoxy) is 2. The van der Waals surface area contributed by atoms with Crippen molar-refractivity contribution in [1.29, 1.82) is 0 Å². The summed E-state index contributed by atoms with van der Waals surface area (Å²) < 4.78 is 10.5. The van der Waals surface area contributed by atoms with Crippen molar-refractivity contribution in [2.24, 2.45) is 5.73 Å². The van der Waals surface area contributed by atoms with Gasteiger partial charge in [0.25, 0.3) is 0 Å². The molecular weight excluding hydrogens is 316 g/mol. The molecule has 5 nitrogen and oxygen atoms in total. The van der Waals surface area contributed by atoms with Crippen LogP contribution in [0.2, 0.25) is 0 Å². The summed E-state index contributed by atoms with van der Waals surface area (Å²) in [5, 5.41) is 3.14. The molecule has 0 bridgehead atoms. The molecule has 1 aliphatic rings. The van der Waals surface area contributed by atoms with Crippen LogP contribution in [0.3, 0.4) is 0 Å². The van der Waals surface area contributed by atoms with Crippen molar-refractivity contribution in [2.75, 3.05) is 20.8 Å². The highest BCUT2D eigenvalue weighted by molar-refractivity contribution is 5.85. The van der Waals surface area contributed by atoms with E-state index in [4.69, 9.17) is 15.2 Å². The first kappa shape index (κ1) is 19.6. The van der Waals surface area contributed by atoms with Gasteiger partial charge in [0.15, 0.2) is 11.5 Å². The molecule has 6 heteroatoms. The Bertz CT molecular complexity index is 517. The first-order chi connectivity index (χ1) is 10.6. The predicted octanol–water partition coefficient (Wildman–Crippen LogP) is 2.45. The molecule has 0 atom stereocenters. The molecule has 0 aromatic heterocycles. The summed E-state index contributed by atoms with van der Waals surface area (Å²) in [6.07, 6.45) is 5.40. The number of nitrogens with one attached hydrogen (secondary N) is 1. The number of nitrogens with two attached hydrogens (primary N) is 1. The second-order valence-corrected chi connectivity index (χ2v) is 5.93. The number of hydrogen-bond donors (Lipinski definition) is 2. The van der Waals surface area contributed by atoms with Gasteiger partial charge in [-0.25, -0.2) is 0 Å². The standard InChI is InChI=1S/C17H26N2O3.ClH/c1-21-14-7-5-13(11-15(14)22-2)6-8-16(20)19-17(12-18)9-3-4-10-17;/h5,7,11H,3-4,6,8-10,12,18H2,1-2H3,(H,19,20);1H. The van der Waals surface area contributed by atoms with E-state index < -0.39 is 0 Å². The van der Waals surface area contributed by atoms with Gasteiger partial charge < -0.3 is 20.5 Å². The molecular formula is C17H27ClN2O3. The van der Waals surface area contributed by atoms with Crippen LogP contribution < -0.4 is 20.5 Å². The molecule has 1 amide bonds. The topological polar surface area (TPSA) is 73.6 Å². The van der Waals surface area contributed by atoms with Crippen LogP contribution in [0.5, 0.6) is 11.5 Å². The van der Waals surface area contributed by atoms with Crippen LogP contribution in [0.1, 0.15) is 37.7 Å². The first-order valence-corrected chi connectivity index (χ1v) is 7.84. The van der Waals surface area contributed by atoms with E-state index in [-0.39, 0.29) is 23.9 Å². The van der Waals surface area contributed by atoms with Gasteiger partial charge in [-0.1, -0.05) is 18.9 Å². The minimum Gasteiger partial charge on any atom is -0.493 e. The third-order valence-electron chi connectivity index (χ3n) is 4.44. The molecule has 3 N–H and O–H groups in total. The molecule has 0 radical (unpaired) electrons. The largest absolute Gasteiger partial charge is 0.493 e. The predicted molar refractivity (Wildman–Crippen MR) is 93.5 cm³/mol. The van der Waals surface area contributed by atoms with Crippen LogP contribution in [0.25, 0.3) is 0 Å². The van der Waals surface area contributed by atoms with E-state index in [1.165, 1.54) is 0 Å². The Hall–Kier alpha value is -1.46. The van der Waals surface area contributed by atoms with E-state index in [1.54, 1.807) is 14.2 Å². The summed E-state index contributed by atoms with van der Waals surface area (Å²) in [4.78, 5) is 12.2. The number of halogens is 1. The van der Waals surface area contributed by atoms with Crippen molar-refractivity contribution in [1.82, 2.24) is 5.32 Å². The Morgan fingerprint density at radius 3 is 2.43 bits per heavy atom.